The molecular weight excluding hydrogens is 454 g/mol. The summed E-state index contributed by atoms with van der Waals surface area (Å²) >= 11 is 0. The van der Waals surface area contributed by atoms with Gasteiger partial charge in [0.2, 0.25) is 0 Å². The van der Waals surface area contributed by atoms with Crippen molar-refractivity contribution < 1.29 is 19.4 Å². The van der Waals surface area contributed by atoms with Crippen LogP contribution in [0.1, 0.15) is 61.3 Å². The largest absolute Gasteiger partial charge is 0.438 e. The Bertz CT molecular complexity index is 1220. The smallest absolute Gasteiger partial charge is 0.411 e. The van der Waals surface area contributed by atoms with E-state index < -0.39 is 17.3 Å². The summed E-state index contributed by atoms with van der Waals surface area (Å²) < 4.78 is 6.11. The molecular formula is C29H33N3O4. The van der Waals surface area contributed by atoms with E-state index in [0.717, 1.165) is 16.7 Å². The second kappa shape index (κ2) is 10.1. The van der Waals surface area contributed by atoms with E-state index in [2.05, 4.69) is 10.3 Å². The molecule has 0 spiro atoms. The lowest BCUT2D eigenvalue weighted by Gasteiger charge is -2.45. The van der Waals surface area contributed by atoms with Crippen LogP contribution in [0.15, 0.2) is 72.8 Å². The first-order valence-corrected chi connectivity index (χ1v) is 12.2. The summed E-state index contributed by atoms with van der Waals surface area (Å²) in [4.78, 5) is 31.4. The van der Waals surface area contributed by atoms with Crippen molar-refractivity contribution >= 4 is 12.0 Å². The molecule has 0 radical (unpaired) electrons. The molecule has 7 nitrogen and oxygen atoms in total. The van der Waals surface area contributed by atoms with E-state index in [1.54, 1.807) is 37.9 Å². The molecule has 0 unspecified atom stereocenters. The quantitative estimate of drug-likeness (QED) is 0.486. The maximum atomic E-state index is 13.3. The van der Waals surface area contributed by atoms with Crippen molar-refractivity contribution in [3.05, 3.63) is 89.6 Å². The molecule has 188 valence electrons. The topological polar surface area (TPSA) is 91.8 Å². The average molecular weight is 488 g/mol. The van der Waals surface area contributed by atoms with Crippen molar-refractivity contribution in [1.82, 2.24) is 15.2 Å². The number of ether oxygens (including phenoxy) is 1. The molecule has 0 aliphatic carbocycles. The van der Waals surface area contributed by atoms with Crippen LogP contribution in [0.3, 0.4) is 0 Å². The van der Waals surface area contributed by atoms with Gasteiger partial charge in [0, 0.05) is 32.0 Å². The molecule has 2 heterocycles. The number of nitrogens with zero attached hydrogens (tertiary/aromatic N) is 2. The Kier molecular flexibility index (Phi) is 7.13. The van der Waals surface area contributed by atoms with Gasteiger partial charge in [0.25, 0.3) is 5.91 Å². The van der Waals surface area contributed by atoms with Crippen molar-refractivity contribution in [2.75, 3.05) is 13.6 Å². The second-order valence-corrected chi connectivity index (χ2v) is 9.95. The van der Waals surface area contributed by atoms with E-state index in [4.69, 9.17) is 4.74 Å². The van der Waals surface area contributed by atoms with E-state index in [1.165, 1.54) is 0 Å². The number of hydrogen-bond donors (Lipinski definition) is 2. The molecule has 2 atom stereocenters. The van der Waals surface area contributed by atoms with E-state index in [1.807, 2.05) is 67.6 Å². The molecule has 1 saturated heterocycles. The lowest BCUT2D eigenvalue weighted by atomic mass is 9.80. The molecule has 1 fully saturated rings. The number of rotatable bonds is 7. The van der Waals surface area contributed by atoms with Gasteiger partial charge >= 0.3 is 6.09 Å². The molecule has 0 saturated carbocycles. The highest BCUT2D eigenvalue weighted by Crippen LogP contribution is 2.42. The van der Waals surface area contributed by atoms with Crippen LogP contribution < -0.4 is 5.32 Å². The fraction of sp³-hybridized carbons (Fsp3) is 0.345. The Morgan fingerprint density at radius 1 is 1.11 bits per heavy atom. The third kappa shape index (κ3) is 5.41. The van der Waals surface area contributed by atoms with Gasteiger partial charge in [-0.3, -0.25) is 4.79 Å². The summed E-state index contributed by atoms with van der Waals surface area (Å²) in [7, 11) is 1.58. The normalized spacial score (nSPS) is 18.9. The van der Waals surface area contributed by atoms with Gasteiger partial charge in [0.05, 0.1) is 17.3 Å². The third-order valence-electron chi connectivity index (χ3n) is 6.66. The molecule has 36 heavy (non-hydrogen) atoms. The standard InChI is InChI=1S/C29H33N3O4/c1-20(21-13-15-22(16-14-21)24-11-8-12-25(31-24)26(33)30-4)32-18-17-29(36-27(32)34,19-28(2,3)35)23-9-6-5-7-10-23/h5-16,20,35H,17-19H2,1-4H3,(H,30,33)/t20-,29-/m0/s1. The van der Waals surface area contributed by atoms with Gasteiger partial charge in [-0.25, -0.2) is 9.78 Å². The Hall–Kier alpha value is -3.71. The zero-order valence-electron chi connectivity index (χ0n) is 21.2. The zero-order chi connectivity index (χ0) is 25.9. The minimum Gasteiger partial charge on any atom is -0.438 e. The van der Waals surface area contributed by atoms with Crippen molar-refractivity contribution in [1.29, 1.82) is 0 Å². The van der Waals surface area contributed by atoms with E-state index in [9.17, 15) is 14.7 Å². The molecule has 4 rings (SSSR count). The summed E-state index contributed by atoms with van der Waals surface area (Å²) in [5, 5.41) is 13.2. The predicted octanol–water partition coefficient (Wildman–Crippen LogP) is 5.07. The van der Waals surface area contributed by atoms with Gasteiger partial charge in [-0.2, -0.15) is 0 Å². The first kappa shape index (κ1) is 25.4. The minimum atomic E-state index is -0.997. The van der Waals surface area contributed by atoms with Gasteiger partial charge in [-0.05, 0) is 44.0 Å². The lowest BCUT2D eigenvalue weighted by molar-refractivity contribution is -0.101. The number of carbonyl (C=O) groups excluding carboxylic acids is 2. The Morgan fingerprint density at radius 3 is 2.42 bits per heavy atom. The fourth-order valence-electron chi connectivity index (χ4n) is 4.85. The van der Waals surface area contributed by atoms with Gasteiger partial charge in [0.15, 0.2) is 0 Å². The van der Waals surface area contributed by atoms with Crippen LogP contribution in [0.4, 0.5) is 4.79 Å². The van der Waals surface area contributed by atoms with E-state index in [-0.39, 0.29) is 11.9 Å². The molecule has 1 aromatic heterocycles. The van der Waals surface area contributed by atoms with Crippen molar-refractivity contribution in [2.45, 2.75) is 50.9 Å². The number of benzene rings is 2. The minimum absolute atomic E-state index is 0.201. The number of nitrogens with one attached hydrogen (secondary N) is 1. The van der Waals surface area contributed by atoms with Crippen molar-refractivity contribution in [3.8, 4) is 11.3 Å². The van der Waals surface area contributed by atoms with E-state index >= 15 is 0 Å². The van der Waals surface area contributed by atoms with Crippen LogP contribution in [-0.2, 0) is 10.3 Å². The van der Waals surface area contributed by atoms with Crippen LogP contribution in [-0.4, -0.2) is 46.2 Å². The Morgan fingerprint density at radius 2 is 1.81 bits per heavy atom. The van der Waals surface area contributed by atoms with Gasteiger partial charge in [-0.1, -0.05) is 60.7 Å². The highest BCUT2D eigenvalue weighted by atomic mass is 16.6. The molecule has 0 bridgehead atoms. The first-order valence-electron chi connectivity index (χ1n) is 12.2. The monoisotopic (exact) mass is 487 g/mol. The first-order chi connectivity index (χ1) is 17.1. The SMILES string of the molecule is CNC(=O)c1cccc(-c2ccc([C@H](C)N3CC[C@](CC(C)(C)O)(c4ccccc4)OC3=O)cc2)n1. The number of cyclic esters (lactones) is 1. The van der Waals surface area contributed by atoms with Gasteiger partial charge in [-0.15, -0.1) is 0 Å². The maximum absolute atomic E-state index is 13.3. The Labute approximate surface area is 212 Å². The van der Waals surface area contributed by atoms with Crippen LogP contribution in [0.2, 0.25) is 0 Å². The van der Waals surface area contributed by atoms with E-state index in [0.29, 0.717) is 30.8 Å². The fourth-order valence-corrected chi connectivity index (χ4v) is 4.85. The van der Waals surface area contributed by atoms with Crippen molar-refractivity contribution in [2.24, 2.45) is 0 Å². The summed E-state index contributed by atoms with van der Waals surface area (Å²) in [5.74, 6) is -0.234. The lowest BCUT2D eigenvalue weighted by Crippen LogP contribution is -2.51. The van der Waals surface area contributed by atoms with Crippen molar-refractivity contribution in [3.63, 3.8) is 0 Å². The molecule has 1 aliphatic heterocycles. The molecule has 2 amide bonds. The van der Waals surface area contributed by atoms with Crippen LogP contribution in [0.5, 0.6) is 0 Å². The average Bonchev–Trinajstić information content (AvgIpc) is 2.87. The second-order valence-electron chi connectivity index (χ2n) is 9.95. The maximum Gasteiger partial charge on any atom is 0.411 e. The highest BCUT2D eigenvalue weighted by Gasteiger charge is 2.46. The number of hydrogen-bond acceptors (Lipinski definition) is 5. The molecule has 1 aliphatic rings. The number of aromatic nitrogens is 1. The number of aliphatic hydroxyl groups is 1. The summed E-state index contributed by atoms with van der Waals surface area (Å²) in [6.45, 7) is 5.96. The summed E-state index contributed by atoms with van der Waals surface area (Å²) in [6, 6.07) is 22.6. The number of carbonyl (C=O) groups is 2. The van der Waals surface area contributed by atoms with Gasteiger partial charge < -0.3 is 20.1 Å². The highest BCUT2D eigenvalue weighted by molar-refractivity contribution is 5.92. The van der Waals surface area contributed by atoms with Gasteiger partial charge in [0.1, 0.15) is 11.3 Å². The molecule has 2 aromatic carbocycles. The van der Waals surface area contributed by atoms with Crippen LogP contribution in [0, 0.1) is 0 Å². The Balaban J connectivity index is 1.52. The molecule has 2 N–H and O–H groups in total. The van der Waals surface area contributed by atoms with Crippen LogP contribution in [0.25, 0.3) is 11.3 Å². The summed E-state index contributed by atoms with van der Waals surface area (Å²) in [5.41, 5.74) is 1.92. The molecule has 7 heteroatoms. The third-order valence-corrected chi connectivity index (χ3v) is 6.66. The number of pyridine rings is 1. The molecule has 3 aromatic rings. The van der Waals surface area contributed by atoms with Crippen LogP contribution >= 0.6 is 0 Å². The zero-order valence-corrected chi connectivity index (χ0v) is 21.2. The summed E-state index contributed by atoms with van der Waals surface area (Å²) in [6.07, 6.45) is 0.492. The number of amides is 2. The predicted molar refractivity (Wildman–Crippen MR) is 138 cm³/mol.